The van der Waals surface area contributed by atoms with Crippen molar-refractivity contribution in [3.63, 3.8) is 0 Å². The minimum Gasteiger partial charge on any atom is -0.339 e. The highest BCUT2D eigenvalue weighted by Gasteiger charge is 2.24. The van der Waals surface area contributed by atoms with Crippen molar-refractivity contribution in [3.05, 3.63) is 0 Å². The maximum atomic E-state index is 11.7. The lowest BCUT2D eigenvalue weighted by Crippen LogP contribution is -2.52. The number of nitrogens with zero attached hydrogens (tertiary/aromatic N) is 2. The third-order valence-corrected chi connectivity index (χ3v) is 2.77. The average molecular weight is 264 g/mol. The summed E-state index contributed by atoms with van der Waals surface area (Å²) in [6, 6.07) is 0. The Balaban J connectivity index is 0.00000256. The summed E-state index contributed by atoms with van der Waals surface area (Å²) in [5.74, 6) is 0.333. The lowest BCUT2D eigenvalue weighted by molar-refractivity contribution is -0.141. The maximum Gasteiger partial charge on any atom is 0.236 e. The molecule has 1 N–H and O–H groups in total. The Morgan fingerprint density at radius 3 is 2.00 bits per heavy atom. The number of amides is 2. The molecule has 17 heavy (non-hydrogen) atoms. The number of rotatable bonds is 3. The summed E-state index contributed by atoms with van der Waals surface area (Å²) in [7, 11) is 1.76. The van der Waals surface area contributed by atoms with Gasteiger partial charge in [0.1, 0.15) is 0 Å². The lowest BCUT2D eigenvalue weighted by Gasteiger charge is -2.35. The van der Waals surface area contributed by atoms with Gasteiger partial charge in [-0.05, 0) is 7.05 Å². The van der Waals surface area contributed by atoms with E-state index in [0.717, 1.165) is 0 Å². The Morgan fingerprint density at radius 2 is 1.59 bits per heavy atom. The highest BCUT2D eigenvalue weighted by atomic mass is 35.5. The molecule has 0 aromatic heterocycles. The quantitative estimate of drug-likeness (QED) is 0.777. The summed E-state index contributed by atoms with van der Waals surface area (Å²) in [5.41, 5.74) is 0. The first kappa shape index (κ1) is 16.2. The van der Waals surface area contributed by atoms with Gasteiger partial charge in [-0.3, -0.25) is 9.59 Å². The van der Waals surface area contributed by atoms with Gasteiger partial charge in [0.15, 0.2) is 0 Å². The second-order valence-corrected chi connectivity index (χ2v) is 4.39. The van der Waals surface area contributed by atoms with Gasteiger partial charge >= 0.3 is 0 Å². The molecule has 2 amide bonds. The molecule has 1 fully saturated rings. The molecule has 0 unspecified atom stereocenters. The molecule has 0 aromatic carbocycles. The number of hydrogen-bond acceptors (Lipinski definition) is 3. The highest BCUT2D eigenvalue weighted by Crippen LogP contribution is 2.06. The van der Waals surface area contributed by atoms with E-state index in [1.165, 1.54) is 0 Å². The van der Waals surface area contributed by atoms with Crippen molar-refractivity contribution < 1.29 is 9.59 Å². The van der Waals surface area contributed by atoms with Crippen LogP contribution in [-0.4, -0.2) is 61.4 Å². The Bertz CT molecular complexity index is 263. The lowest BCUT2D eigenvalue weighted by atomic mass is 10.1. The fraction of sp³-hybridized carbons (Fsp3) is 0.818. The monoisotopic (exact) mass is 263 g/mol. The summed E-state index contributed by atoms with van der Waals surface area (Å²) in [6.07, 6.45) is 0. The van der Waals surface area contributed by atoms with Gasteiger partial charge in [0.25, 0.3) is 0 Å². The Kier molecular flexibility index (Phi) is 7.15. The van der Waals surface area contributed by atoms with Gasteiger partial charge in [-0.2, -0.15) is 0 Å². The second-order valence-electron chi connectivity index (χ2n) is 4.39. The first-order chi connectivity index (χ1) is 7.56. The molecule has 0 aliphatic carbocycles. The van der Waals surface area contributed by atoms with Crippen molar-refractivity contribution in [2.45, 2.75) is 13.8 Å². The number of nitrogens with one attached hydrogen (secondary N) is 1. The van der Waals surface area contributed by atoms with Crippen molar-refractivity contribution in [2.75, 3.05) is 39.8 Å². The topological polar surface area (TPSA) is 52.7 Å². The van der Waals surface area contributed by atoms with Gasteiger partial charge in [0.05, 0.1) is 6.54 Å². The molecule has 0 spiro atoms. The molecule has 5 nitrogen and oxygen atoms in total. The predicted molar refractivity (Wildman–Crippen MR) is 69.2 cm³/mol. The van der Waals surface area contributed by atoms with Crippen molar-refractivity contribution in [3.8, 4) is 0 Å². The number of carbonyl (C=O) groups excluding carboxylic acids is 2. The standard InChI is InChI=1S/C11H21N3O2.ClH/c1-9(2)11(16)14-6-4-13(5-7-14)10(15)8-12-3;/h9,12H,4-8H2,1-3H3;1H. The van der Waals surface area contributed by atoms with E-state index in [-0.39, 0.29) is 30.1 Å². The van der Waals surface area contributed by atoms with E-state index in [9.17, 15) is 9.59 Å². The second kappa shape index (κ2) is 7.50. The minimum atomic E-state index is 0. The molecule has 0 saturated carbocycles. The molecule has 1 rings (SSSR count). The number of halogens is 1. The van der Waals surface area contributed by atoms with Crippen LogP contribution in [0, 0.1) is 5.92 Å². The Hall–Kier alpha value is -0.810. The largest absolute Gasteiger partial charge is 0.339 e. The van der Waals surface area contributed by atoms with Crippen LogP contribution in [0.3, 0.4) is 0 Å². The van der Waals surface area contributed by atoms with Crippen LogP contribution in [0.4, 0.5) is 0 Å². The van der Waals surface area contributed by atoms with Gasteiger partial charge in [-0.25, -0.2) is 0 Å². The predicted octanol–water partition coefficient (Wildman–Crippen LogP) is -0.0456. The van der Waals surface area contributed by atoms with Gasteiger partial charge in [-0.15, -0.1) is 12.4 Å². The fourth-order valence-electron chi connectivity index (χ4n) is 1.80. The van der Waals surface area contributed by atoms with Crippen LogP contribution in [0.5, 0.6) is 0 Å². The number of piperazine rings is 1. The number of hydrogen-bond donors (Lipinski definition) is 1. The molecule has 0 aromatic rings. The molecule has 6 heteroatoms. The fourth-order valence-corrected chi connectivity index (χ4v) is 1.80. The van der Waals surface area contributed by atoms with Crippen molar-refractivity contribution in [1.82, 2.24) is 15.1 Å². The van der Waals surface area contributed by atoms with Gasteiger partial charge < -0.3 is 15.1 Å². The highest BCUT2D eigenvalue weighted by molar-refractivity contribution is 5.85. The molecule has 1 aliphatic rings. The van der Waals surface area contributed by atoms with Crippen molar-refractivity contribution in [1.29, 1.82) is 0 Å². The zero-order valence-corrected chi connectivity index (χ0v) is 11.5. The van der Waals surface area contributed by atoms with Crippen molar-refractivity contribution >= 4 is 24.2 Å². The third kappa shape index (κ3) is 4.52. The first-order valence-corrected chi connectivity index (χ1v) is 5.77. The molecule has 0 radical (unpaired) electrons. The summed E-state index contributed by atoms with van der Waals surface area (Å²) < 4.78 is 0. The normalized spacial score (nSPS) is 15.8. The van der Waals surface area contributed by atoms with Crippen LogP contribution in [0.2, 0.25) is 0 Å². The number of carbonyl (C=O) groups is 2. The van der Waals surface area contributed by atoms with E-state index in [2.05, 4.69) is 5.32 Å². The Labute approximate surface area is 109 Å². The van der Waals surface area contributed by atoms with Gasteiger partial charge in [0.2, 0.25) is 11.8 Å². The van der Waals surface area contributed by atoms with Crippen LogP contribution < -0.4 is 5.32 Å². The van der Waals surface area contributed by atoms with E-state index < -0.39 is 0 Å². The van der Waals surface area contributed by atoms with E-state index in [0.29, 0.717) is 32.7 Å². The molecule has 0 bridgehead atoms. The van der Waals surface area contributed by atoms with E-state index in [4.69, 9.17) is 0 Å². The molecule has 1 heterocycles. The molecular weight excluding hydrogens is 242 g/mol. The summed E-state index contributed by atoms with van der Waals surface area (Å²) in [4.78, 5) is 26.9. The number of likely N-dealkylation sites (N-methyl/N-ethyl adjacent to an activating group) is 1. The first-order valence-electron chi connectivity index (χ1n) is 5.77. The van der Waals surface area contributed by atoms with Gasteiger partial charge in [0, 0.05) is 32.1 Å². The van der Waals surface area contributed by atoms with Crippen LogP contribution in [0.25, 0.3) is 0 Å². The zero-order valence-electron chi connectivity index (χ0n) is 10.7. The Morgan fingerprint density at radius 1 is 1.12 bits per heavy atom. The van der Waals surface area contributed by atoms with Crippen LogP contribution in [-0.2, 0) is 9.59 Å². The molecule has 100 valence electrons. The zero-order chi connectivity index (χ0) is 12.1. The SMILES string of the molecule is CNCC(=O)N1CCN(C(=O)C(C)C)CC1.Cl. The average Bonchev–Trinajstić information content (AvgIpc) is 2.28. The minimum absolute atomic E-state index is 0. The summed E-state index contributed by atoms with van der Waals surface area (Å²) in [5, 5.41) is 2.85. The molecule has 1 aliphatic heterocycles. The van der Waals surface area contributed by atoms with E-state index in [1.807, 2.05) is 18.7 Å². The van der Waals surface area contributed by atoms with E-state index >= 15 is 0 Å². The third-order valence-electron chi connectivity index (χ3n) is 2.77. The summed E-state index contributed by atoms with van der Waals surface area (Å²) in [6.45, 7) is 6.80. The molecule has 1 saturated heterocycles. The van der Waals surface area contributed by atoms with Gasteiger partial charge in [-0.1, -0.05) is 13.8 Å². The molecular formula is C11H22ClN3O2. The molecule has 0 atom stereocenters. The summed E-state index contributed by atoms with van der Waals surface area (Å²) >= 11 is 0. The smallest absolute Gasteiger partial charge is 0.236 e. The van der Waals surface area contributed by atoms with Crippen molar-refractivity contribution in [2.24, 2.45) is 5.92 Å². The van der Waals surface area contributed by atoms with Crippen LogP contribution in [0.1, 0.15) is 13.8 Å². The maximum absolute atomic E-state index is 11.7. The van der Waals surface area contributed by atoms with Crippen LogP contribution >= 0.6 is 12.4 Å². The van der Waals surface area contributed by atoms with E-state index in [1.54, 1.807) is 11.9 Å². The van der Waals surface area contributed by atoms with Crippen LogP contribution in [0.15, 0.2) is 0 Å².